The number of anilines is 1. The van der Waals surface area contributed by atoms with Crippen LogP contribution in [0, 0.1) is 18.3 Å². The predicted octanol–water partition coefficient (Wildman–Crippen LogP) is 3.83. The van der Waals surface area contributed by atoms with E-state index in [1.165, 1.54) is 30.4 Å². The van der Waals surface area contributed by atoms with Gasteiger partial charge in [-0.25, -0.2) is 0 Å². The molecule has 0 N–H and O–H groups in total. The summed E-state index contributed by atoms with van der Waals surface area (Å²) in [5.41, 5.74) is 2.37. The SMILES string of the molecule is Cc1ccccc1N(C)CC1(C=O)CCCC(C)C1. The second kappa shape index (κ2) is 5.77. The van der Waals surface area contributed by atoms with Crippen molar-refractivity contribution in [3.8, 4) is 0 Å². The summed E-state index contributed by atoms with van der Waals surface area (Å²) in [6.45, 7) is 5.24. The van der Waals surface area contributed by atoms with E-state index in [1.54, 1.807) is 0 Å². The van der Waals surface area contributed by atoms with Crippen LogP contribution in [0.1, 0.15) is 38.2 Å². The topological polar surface area (TPSA) is 20.3 Å². The van der Waals surface area contributed by atoms with Crippen molar-refractivity contribution >= 4 is 12.0 Å². The molecular weight excluding hydrogens is 234 g/mol. The number of carbonyl (C=O) groups is 1. The lowest BCUT2D eigenvalue weighted by Gasteiger charge is -2.39. The number of nitrogens with zero attached hydrogens (tertiary/aromatic N) is 1. The highest BCUT2D eigenvalue weighted by Crippen LogP contribution is 2.39. The van der Waals surface area contributed by atoms with Crippen molar-refractivity contribution in [2.45, 2.75) is 39.5 Å². The highest BCUT2D eigenvalue weighted by Gasteiger charge is 2.35. The summed E-state index contributed by atoms with van der Waals surface area (Å²) in [5.74, 6) is 0.671. The van der Waals surface area contributed by atoms with Gasteiger partial charge in [-0.15, -0.1) is 0 Å². The maximum Gasteiger partial charge on any atom is 0.127 e. The number of hydrogen-bond acceptors (Lipinski definition) is 2. The van der Waals surface area contributed by atoms with Gasteiger partial charge < -0.3 is 9.69 Å². The van der Waals surface area contributed by atoms with Gasteiger partial charge in [-0.05, 0) is 37.3 Å². The first-order valence-corrected chi connectivity index (χ1v) is 7.29. The predicted molar refractivity (Wildman–Crippen MR) is 80.6 cm³/mol. The Morgan fingerprint density at radius 3 is 2.79 bits per heavy atom. The molecule has 2 unspecified atom stereocenters. The summed E-state index contributed by atoms with van der Waals surface area (Å²) in [6.07, 6.45) is 5.74. The standard InChI is InChI=1S/C17H25NO/c1-14-7-6-10-17(11-14,13-19)12-18(3)16-9-5-4-8-15(16)2/h4-5,8-9,13-14H,6-7,10-12H2,1-3H3. The highest BCUT2D eigenvalue weighted by atomic mass is 16.1. The smallest absolute Gasteiger partial charge is 0.127 e. The first kappa shape index (κ1) is 14.1. The van der Waals surface area contributed by atoms with E-state index in [4.69, 9.17) is 0 Å². The molecule has 1 aromatic rings. The van der Waals surface area contributed by atoms with Gasteiger partial charge in [0.05, 0.1) is 0 Å². The Hall–Kier alpha value is -1.31. The lowest BCUT2D eigenvalue weighted by atomic mass is 9.70. The van der Waals surface area contributed by atoms with Gasteiger partial charge in [0.25, 0.3) is 0 Å². The summed E-state index contributed by atoms with van der Waals surface area (Å²) in [7, 11) is 2.10. The van der Waals surface area contributed by atoms with Gasteiger partial charge in [0.15, 0.2) is 0 Å². The molecule has 1 aliphatic carbocycles. The molecule has 0 amide bonds. The zero-order valence-corrected chi connectivity index (χ0v) is 12.4. The molecular formula is C17H25NO. The normalized spacial score (nSPS) is 27.0. The molecule has 2 nitrogen and oxygen atoms in total. The van der Waals surface area contributed by atoms with Crippen LogP contribution in [0.4, 0.5) is 5.69 Å². The molecule has 0 radical (unpaired) electrons. The number of aryl methyl sites for hydroxylation is 1. The van der Waals surface area contributed by atoms with Crippen molar-refractivity contribution in [2.24, 2.45) is 11.3 Å². The molecule has 2 heteroatoms. The first-order chi connectivity index (χ1) is 9.06. The Labute approximate surface area is 116 Å². The van der Waals surface area contributed by atoms with E-state index in [9.17, 15) is 4.79 Å². The summed E-state index contributed by atoms with van der Waals surface area (Å²) >= 11 is 0. The van der Waals surface area contributed by atoms with Crippen molar-refractivity contribution in [1.29, 1.82) is 0 Å². The Bertz CT molecular complexity index is 443. The van der Waals surface area contributed by atoms with Crippen LogP contribution in [0.2, 0.25) is 0 Å². The van der Waals surface area contributed by atoms with Crippen LogP contribution in [-0.2, 0) is 4.79 Å². The van der Waals surface area contributed by atoms with Gasteiger partial charge in [-0.3, -0.25) is 0 Å². The van der Waals surface area contributed by atoms with Crippen LogP contribution in [-0.4, -0.2) is 19.9 Å². The Kier molecular flexibility index (Phi) is 4.28. The number of para-hydroxylation sites is 1. The van der Waals surface area contributed by atoms with Gasteiger partial charge in [0.1, 0.15) is 6.29 Å². The van der Waals surface area contributed by atoms with Gasteiger partial charge in [0.2, 0.25) is 0 Å². The zero-order chi connectivity index (χ0) is 13.9. The van der Waals surface area contributed by atoms with E-state index in [-0.39, 0.29) is 5.41 Å². The Morgan fingerprint density at radius 2 is 2.16 bits per heavy atom. The number of hydrogen-bond donors (Lipinski definition) is 0. The number of aldehydes is 1. The average Bonchev–Trinajstić information content (AvgIpc) is 2.39. The van der Waals surface area contributed by atoms with Crippen LogP contribution >= 0.6 is 0 Å². The first-order valence-electron chi connectivity index (χ1n) is 7.29. The van der Waals surface area contributed by atoms with Crippen LogP contribution in [0.3, 0.4) is 0 Å². The fraction of sp³-hybridized carbons (Fsp3) is 0.588. The van der Waals surface area contributed by atoms with Crippen molar-refractivity contribution in [3.05, 3.63) is 29.8 Å². The molecule has 0 spiro atoms. The maximum absolute atomic E-state index is 11.7. The lowest BCUT2D eigenvalue weighted by molar-refractivity contribution is -0.118. The molecule has 0 heterocycles. The van der Waals surface area contributed by atoms with Gasteiger partial charge >= 0.3 is 0 Å². The maximum atomic E-state index is 11.7. The summed E-state index contributed by atoms with van der Waals surface area (Å²) < 4.78 is 0. The molecule has 0 aliphatic heterocycles. The number of carbonyl (C=O) groups excluding carboxylic acids is 1. The van der Waals surface area contributed by atoms with E-state index in [2.05, 4.69) is 50.1 Å². The monoisotopic (exact) mass is 259 g/mol. The van der Waals surface area contributed by atoms with Crippen molar-refractivity contribution in [3.63, 3.8) is 0 Å². The van der Waals surface area contributed by atoms with Crippen molar-refractivity contribution in [1.82, 2.24) is 0 Å². The van der Waals surface area contributed by atoms with Crippen LogP contribution < -0.4 is 4.90 Å². The molecule has 104 valence electrons. The Morgan fingerprint density at radius 1 is 1.42 bits per heavy atom. The van der Waals surface area contributed by atoms with E-state index in [0.29, 0.717) is 5.92 Å². The van der Waals surface area contributed by atoms with Crippen LogP contribution in [0.5, 0.6) is 0 Å². The minimum atomic E-state index is -0.144. The molecule has 19 heavy (non-hydrogen) atoms. The van der Waals surface area contributed by atoms with E-state index in [0.717, 1.165) is 19.4 Å². The van der Waals surface area contributed by atoms with Gasteiger partial charge in [-0.2, -0.15) is 0 Å². The Balaban J connectivity index is 2.14. The third-order valence-electron chi connectivity index (χ3n) is 4.46. The molecule has 1 aliphatic rings. The molecule has 1 aromatic carbocycles. The van der Waals surface area contributed by atoms with Crippen molar-refractivity contribution in [2.75, 3.05) is 18.5 Å². The van der Waals surface area contributed by atoms with Gasteiger partial charge in [-0.1, -0.05) is 38.0 Å². The van der Waals surface area contributed by atoms with Crippen molar-refractivity contribution < 1.29 is 4.79 Å². The fourth-order valence-electron chi connectivity index (χ4n) is 3.54. The van der Waals surface area contributed by atoms with Gasteiger partial charge in [0, 0.05) is 24.7 Å². The fourth-order valence-corrected chi connectivity index (χ4v) is 3.54. The summed E-state index contributed by atoms with van der Waals surface area (Å²) in [5, 5.41) is 0. The number of rotatable bonds is 4. The average molecular weight is 259 g/mol. The minimum Gasteiger partial charge on any atom is -0.373 e. The second-order valence-electron chi connectivity index (χ2n) is 6.32. The molecule has 2 rings (SSSR count). The third kappa shape index (κ3) is 3.17. The summed E-state index contributed by atoms with van der Waals surface area (Å²) in [6, 6.07) is 8.39. The quantitative estimate of drug-likeness (QED) is 0.766. The number of benzene rings is 1. The van der Waals surface area contributed by atoms with Crippen LogP contribution in [0.25, 0.3) is 0 Å². The largest absolute Gasteiger partial charge is 0.373 e. The third-order valence-corrected chi connectivity index (χ3v) is 4.46. The second-order valence-corrected chi connectivity index (χ2v) is 6.32. The van der Waals surface area contributed by atoms with Crippen LogP contribution in [0.15, 0.2) is 24.3 Å². The molecule has 1 fully saturated rings. The van der Waals surface area contributed by atoms with E-state index < -0.39 is 0 Å². The molecule has 2 atom stereocenters. The molecule has 0 saturated heterocycles. The lowest BCUT2D eigenvalue weighted by Crippen LogP contribution is -2.40. The van der Waals surface area contributed by atoms with E-state index >= 15 is 0 Å². The zero-order valence-electron chi connectivity index (χ0n) is 12.4. The minimum absolute atomic E-state index is 0.144. The molecule has 0 aromatic heterocycles. The summed E-state index contributed by atoms with van der Waals surface area (Å²) in [4.78, 5) is 13.9. The highest BCUT2D eigenvalue weighted by molar-refractivity contribution is 5.62. The molecule has 0 bridgehead atoms. The molecule has 1 saturated carbocycles. The van der Waals surface area contributed by atoms with E-state index in [1.807, 2.05) is 0 Å².